The Morgan fingerprint density at radius 2 is 0.857 bits per heavy atom. The average molecular weight is 407 g/mol. The lowest BCUT2D eigenvalue weighted by atomic mass is 10.0. The quantitative estimate of drug-likeness (QED) is 0.247. The number of nitrogens with two attached hydrogens (primary N) is 2. The van der Waals surface area contributed by atoms with Crippen LogP contribution in [0, 0.1) is 0 Å². The summed E-state index contributed by atoms with van der Waals surface area (Å²) < 4.78 is 0. The summed E-state index contributed by atoms with van der Waals surface area (Å²) in [7, 11) is 0. The highest BCUT2D eigenvalue weighted by Gasteiger charge is 1.96. The normalized spacial score (nSPS) is 9.54. The predicted molar refractivity (Wildman–Crippen MR) is 111 cm³/mol. The van der Waals surface area contributed by atoms with Crippen molar-refractivity contribution in [1.29, 1.82) is 0 Å². The highest BCUT2D eigenvalue weighted by molar-refractivity contribution is 5.74. The van der Waals surface area contributed by atoms with Gasteiger partial charge in [-0.05, 0) is 6.42 Å². The van der Waals surface area contributed by atoms with Crippen LogP contribution in [-0.4, -0.2) is 46.3 Å². The van der Waals surface area contributed by atoms with E-state index in [2.05, 4.69) is 18.4 Å². The molecule has 0 saturated heterocycles. The van der Waals surface area contributed by atoms with Gasteiger partial charge in [0.25, 0.3) is 0 Å². The van der Waals surface area contributed by atoms with Crippen molar-refractivity contribution in [2.75, 3.05) is 13.2 Å². The zero-order chi connectivity index (χ0) is 22.0. The van der Waals surface area contributed by atoms with Gasteiger partial charge in [0.2, 0.25) is 11.8 Å². The molecule has 0 spiro atoms. The number of hydrogen-bond donors (Lipinski definition) is 5. The Morgan fingerprint density at radius 1 is 0.607 bits per heavy atom. The molecule has 28 heavy (non-hydrogen) atoms. The molecule has 0 radical (unpaired) electrons. The third-order valence-electron chi connectivity index (χ3n) is 3.81. The number of carbonyl (C=O) groups excluding carboxylic acids is 2. The van der Waals surface area contributed by atoms with E-state index < -0.39 is 31.0 Å². The predicted octanol–water partition coefficient (Wildman–Crippen LogP) is 2.48. The number of hydrogen-bond acceptors (Lipinski definition) is 5. The number of aliphatic carboxylic acids is 1. The minimum atomic E-state index is -0.690. The molecule has 0 unspecified atom stereocenters. The van der Waals surface area contributed by atoms with Gasteiger partial charge in [0.15, 0.2) is 0 Å². The number of aliphatic hydroxyl groups excluding tert-OH is 2. The van der Waals surface area contributed by atoms with Crippen LogP contribution < -0.4 is 11.5 Å². The summed E-state index contributed by atoms with van der Waals surface area (Å²) in [5.41, 5.74) is 8.81. The SMILES string of the molecule is CCCCCCCCCCCCCCCC(=O)O.NC(=O)CO.NC(=O)CO. The van der Waals surface area contributed by atoms with E-state index in [9.17, 15) is 14.4 Å². The summed E-state index contributed by atoms with van der Waals surface area (Å²) >= 11 is 0. The zero-order valence-corrected chi connectivity index (χ0v) is 17.5. The third-order valence-corrected chi connectivity index (χ3v) is 3.81. The number of carbonyl (C=O) groups is 3. The van der Waals surface area contributed by atoms with Crippen LogP contribution in [0.1, 0.15) is 96.8 Å². The zero-order valence-electron chi connectivity index (χ0n) is 17.5. The van der Waals surface area contributed by atoms with Crippen LogP contribution in [0.4, 0.5) is 0 Å². The van der Waals surface area contributed by atoms with Crippen LogP contribution in [0.2, 0.25) is 0 Å². The molecule has 0 fully saturated rings. The standard InChI is InChI=1S/C16H32O2.2C2H5NO2/c1-2-3-4-5-6-7-8-9-10-11-12-13-14-15-16(17)18;2*3-2(5)1-4/h2-15H2,1H3,(H,17,18);2*4H,1H2,(H2,3,5). The maximum absolute atomic E-state index is 10.3. The molecule has 0 bridgehead atoms. The molecule has 0 atom stereocenters. The molecule has 0 aliphatic rings. The van der Waals surface area contributed by atoms with E-state index in [-0.39, 0.29) is 0 Å². The van der Waals surface area contributed by atoms with Gasteiger partial charge in [-0.15, -0.1) is 0 Å². The minimum absolute atomic E-state index is 0.345. The third kappa shape index (κ3) is 44.1. The fourth-order valence-electron chi connectivity index (χ4n) is 2.29. The van der Waals surface area contributed by atoms with Crippen molar-refractivity contribution in [3.8, 4) is 0 Å². The molecule has 0 aromatic rings. The van der Waals surface area contributed by atoms with Gasteiger partial charge in [0.1, 0.15) is 13.2 Å². The molecule has 0 aromatic heterocycles. The lowest BCUT2D eigenvalue weighted by molar-refractivity contribution is -0.137. The van der Waals surface area contributed by atoms with E-state index in [1.165, 1.54) is 70.6 Å². The molecule has 0 rings (SSSR count). The van der Waals surface area contributed by atoms with E-state index in [1.807, 2.05) is 0 Å². The van der Waals surface area contributed by atoms with Gasteiger partial charge >= 0.3 is 5.97 Å². The second-order valence-electron chi connectivity index (χ2n) is 6.64. The Hall–Kier alpha value is -1.67. The Morgan fingerprint density at radius 3 is 1.07 bits per heavy atom. The fourth-order valence-corrected chi connectivity index (χ4v) is 2.29. The molecule has 0 aromatic carbocycles. The minimum Gasteiger partial charge on any atom is -0.481 e. The van der Waals surface area contributed by atoms with Crippen LogP contribution in [0.5, 0.6) is 0 Å². The first-order chi connectivity index (χ1) is 13.3. The van der Waals surface area contributed by atoms with Crippen molar-refractivity contribution in [1.82, 2.24) is 0 Å². The van der Waals surface area contributed by atoms with Gasteiger partial charge in [0, 0.05) is 6.42 Å². The Bertz CT molecular complexity index is 351. The van der Waals surface area contributed by atoms with Crippen molar-refractivity contribution < 1.29 is 29.7 Å². The van der Waals surface area contributed by atoms with Gasteiger partial charge in [-0.25, -0.2) is 0 Å². The van der Waals surface area contributed by atoms with Gasteiger partial charge in [0.05, 0.1) is 0 Å². The topological polar surface area (TPSA) is 164 Å². The van der Waals surface area contributed by atoms with Gasteiger partial charge in [-0.1, -0.05) is 84.0 Å². The summed E-state index contributed by atoms with van der Waals surface area (Å²) in [5, 5.41) is 23.8. The summed E-state index contributed by atoms with van der Waals surface area (Å²) in [4.78, 5) is 29.0. The molecule has 8 nitrogen and oxygen atoms in total. The number of carboxylic acid groups (broad SMARTS) is 1. The average Bonchev–Trinajstić information content (AvgIpc) is 2.66. The molecule has 0 aliphatic heterocycles. The summed E-state index contributed by atoms with van der Waals surface area (Å²) in [6.07, 6.45) is 17.3. The monoisotopic (exact) mass is 406 g/mol. The number of aliphatic hydroxyl groups is 2. The molecular weight excluding hydrogens is 364 g/mol. The summed E-state index contributed by atoms with van der Waals surface area (Å²) in [6, 6.07) is 0. The fraction of sp³-hybridized carbons (Fsp3) is 0.850. The molecule has 7 N–H and O–H groups in total. The summed E-state index contributed by atoms with van der Waals surface area (Å²) in [5.74, 6) is -2.03. The van der Waals surface area contributed by atoms with Crippen LogP contribution >= 0.6 is 0 Å². The number of primary amides is 2. The first-order valence-corrected chi connectivity index (χ1v) is 10.3. The number of unbranched alkanes of at least 4 members (excludes halogenated alkanes) is 12. The molecular formula is C20H42N2O6. The largest absolute Gasteiger partial charge is 0.481 e. The van der Waals surface area contributed by atoms with Gasteiger partial charge < -0.3 is 26.8 Å². The molecule has 0 heterocycles. The van der Waals surface area contributed by atoms with Gasteiger partial charge in [-0.3, -0.25) is 14.4 Å². The van der Waals surface area contributed by atoms with E-state index in [1.54, 1.807) is 0 Å². The molecule has 8 heteroatoms. The van der Waals surface area contributed by atoms with Crippen LogP contribution in [0.15, 0.2) is 0 Å². The van der Waals surface area contributed by atoms with Crippen LogP contribution in [0.25, 0.3) is 0 Å². The smallest absolute Gasteiger partial charge is 0.303 e. The van der Waals surface area contributed by atoms with E-state index >= 15 is 0 Å². The van der Waals surface area contributed by atoms with Crippen molar-refractivity contribution in [3.63, 3.8) is 0 Å². The lowest BCUT2D eigenvalue weighted by Gasteiger charge is -2.02. The first kappa shape index (κ1) is 31.0. The van der Waals surface area contributed by atoms with Crippen molar-refractivity contribution in [2.24, 2.45) is 11.5 Å². The molecule has 168 valence electrons. The Kier molecular flexibility index (Phi) is 30.5. The number of carboxylic acids is 1. The maximum Gasteiger partial charge on any atom is 0.303 e. The molecule has 2 amide bonds. The highest BCUT2D eigenvalue weighted by atomic mass is 16.4. The second kappa shape index (κ2) is 27.5. The van der Waals surface area contributed by atoms with E-state index in [4.69, 9.17) is 15.3 Å². The molecule has 0 aliphatic carbocycles. The highest BCUT2D eigenvalue weighted by Crippen LogP contribution is 2.12. The second-order valence-corrected chi connectivity index (χ2v) is 6.64. The van der Waals surface area contributed by atoms with Crippen molar-refractivity contribution >= 4 is 17.8 Å². The van der Waals surface area contributed by atoms with Crippen molar-refractivity contribution in [3.05, 3.63) is 0 Å². The Balaban J connectivity index is -0.000000512. The maximum atomic E-state index is 10.3. The van der Waals surface area contributed by atoms with E-state index in [0.29, 0.717) is 6.42 Å². The Labute approximate surface area is 169 Å². The van der Waals surface area contributed by atoms with Crippen LogP contribution in [0.3, 0.4) is 0 Å². The lowest BCUT2D eigenvalue weighted by Crippen LogP contribution is -2.14. The van der Waals surface area contributed by atoms with Gasteiger partial charge in [-0.2, -0.15) is 0 Å². The number of rotatable bonds is 16. The van der Waals surface area contributed by atoms with Crippen molar-refractivity contribution in [2.45, 2.75) is 96.8 Å². The summed E-state index contributed by atoms with van der Waals surface area (Å²) in [6.45, 7) is 1.15. The van der Waals surface area contributed by atoms with E-state index in [0.717, 1.165) is 12.8 Å². The molecule has 0 saturated carbocycles. The first-order valence-electron chi connectivity index (χ1n) is 10.3. The van der Waals surface area contributed by atoms with Crippen LogP contribution in [-0.2, 0) is 14.4 Å². The number of amides is 2.